The van der Waals surface area contributed by atoms with Gasteiger partial charge in [0.2, 0.25) is 0 Å². The zero-order valence-corrected chi connectivity index (χ0v) is 12.4. The predicted octanol–water partition coefficient (Wildman–Crippen LogP) is 3.84. The molecule has 3 heteroatoms. The third kappa shape index (κ3) is 2.41. The Morgan fingerprint density at radius 3 is 2.44 bits per heavy atom. The van der Waals surface area contributed by atoms with Gasteiger partial charge in [0.05, 0.1) is 12.7 Å². The van der Waals surface area contributed by atoms with Crippen LogP contribution in [-0.4, -0.2) is 12.9 Å². The van der Waals surface area contributed by atoms with Crippen LogP contribution < -0.4 is 4.74 Å². The van der Waals surface area contributed by atoms with Crippen molar-refractivity contribution < 1.29 is 9.53 Å². The van der Waals surface area contributed by atoms with Crippen molar-refractivity contribution in [3.05, 3.63) is 62.7 Å². The topological polar surface area (TPSA) is 26.3 Å². The third-order valence-corrected chi connectivity index (χ3v) is 4.22. The number of hydrogen-bond acceptors (Lipinski definition) is 2. The molecule has 0 amide bonds. The molecule has 2 rings (SSSR count). The lowest BCUT2D eigenvalue weighted by atomic mass is 10.0. The van der Waals surface area contributed by atoms with Gasteiger partial charge in [0.25, 0.3) is 0 Å². The SMILES string of the molecule is COc1ccccc1C(=O)c1cccc(C)c1I. The molecule has 0 saturated heterocycles. The highest BCUT2D eigenvalue weighted by molar-refractivity contribution is 14.1. The maximum Gasteiger partial charge on any atom is 0.197 e. The van der Waals surface area contributed by atoms with Gasteiger partial charge in [-0.3, -0.25) is 4.79 Å². The number of hydrogen-bond donors (Lipinski definition) is 0. The molecule has 0 fully saturated rings. The van der Waals surface area contributed by atoms with Gasteiger partial charge in [-0.1, -0.05) is 24.3 Å². The Kier molecular flexibility index (Phi) is 4.01. The lowest BCUT2D eigenvalue weighted by Gasteiger charge is -2.09. The monoisotopic (exact) mass is 352 g/mol. The summed E-state index contributed by atoms with van der Waals surface area (Å²) < 4.78 is 6.23. The molecule has 2 aromatic rings. The standard InChI is InChI=1S/C15H13IO2/c1-10-6-5-8-12(14(10)16)15(17)11-7-3-4-9-13(11)18-2/h3-9H,1-2H3. The summed E-state index contributed by atoms with van der Waals surface area (Å²) in [7, 11) is 1.58. The summed E-state index contributed by atoms with van der Waals surface area (Å²) in [5, 5.41) is 0. The number of rotatable bonds is 3. The number of benzene rings is 2. The highest BCUT2D eigenvalue weighted by Crippen LogP contribution is 2.24. The summed E-state index contributed by atoms with van der Waals surface area (Å²) in [5.74, 6) is 0.611. The second-order valence-electron chi connectivity index (χ2n) is 3.97. The average molecular weight is 352 g/mol. The molecule has 0 aliphatic rings. The van der Waals surface area contributed by atoms with Gasteiger partial charge < -0.3 is 4.74 Å². The molecule has 0 aromatic heterocycles. The molecule has 0 bridgehead atoms. The van der Waals surface area contributed by atoms with E-state index in [1.165, 1.54) is 0 Å². The van der Waals surface area contributed by atoms with Crippen molar-refractivity contribution in [2.24, 2.45) is 0 Å². The van der Waals surface area contributed by atoms with Gasteiger partial charge in [0.1, 0.15) is 5.75 Å². The Bertz CT molecular complexity index is 591. The first-order valence-corrected chi connectivity index (χ1v) is 6.66. The summed E-state index contributed by atoms with van der Waals surface area (Å²) in [6.45, 7) is 2.00. The number of carbonyl (C=O) groups excluding carboxylic acids is 1. The van der Waals surface area contributed by atoms with Gasteiger partial charge in [-0.25, -0.2) is 0 Å². The first-order valence-electron chi connectivity index (χ1n) is 5.58. The fourth-order valence-electron chi connectivity index (χ4n) is 1.80. The summed E-state index contributed by atoms with van der Waals surface area (Å²) in [4.78, 5) is 12.5. The molecule has 0 unspecified atom stereocenters. The van der Waals surface area contributed by atoms with E-state index in [9.17, 15) is 4.79 Å². The van der Waals surface area contributed by atoms with Gasteiger partial charge in [-0.2, -0.15) is 0 Å². The van der Waals surface area contributed by atoms with Crippen LogP contribution in [0.15, 0.2) is 42.5 Å². The summed E-state index contributed by atoms with van der Waals surface area (Å²) in [6, 6.07) is 13.1. The van der Waals surface area contributed by atoms with E-state index in [1.54, 1.807) is 19.2 Å². The van der Waals surface area contributed by atoms with Crippen molar-refractivity contribution in [1.29, 1.82) is 0 Å². The Morgan fingerprint density at radius 2 is 1.72 bits per heavy atom. The van der Waals surface area contributed by atoms with Crippen LogP contribution in [0.3, 0.4) is 0 Å². The lowest BCUT2D eigenvalue weighted by molar-refractivity contribution is 0.103. The normalized spacial score (nSPS) is 10.2. The molecule has 0 radical (unpaired) electrons. The minimum Gasteiger partial charge on any atom is -0.496 e. The maximum absolute atomic E-state index is 12.5. The van der Waals surface area contributed by atoms with Crippen LogP contribution in [0.4, 0.5) is 0 Å². The molecule has 18 heavy (non-hydrogen) atoms. The molecule has 0 heterocycles. The van der Waals surface area contributed by atoms with E-state index in [1.807, 2.05) is 37.3 Å². The molecule has 0 spiro atoms. The van der Waals surface area contributed by atoms with Crippen LogP contribution in [0, 0.1) is 10.5 Å². The van der Waals surface area contributed by atoms with Gasteiger partial charge in [-0.05, 0) is 53.3 Å². The van der Waals surface area contributed by atoms with Crippen molar-refractivity contribution in [2.45, 2.75) is 6.92 Å². The average Bonchev–Trinajstić information content (AvgIpc) is 2.41. The first kappa shape index (κ1) is 13.1. The summed E-state index contributed by atoms with van der Waals surface area (Å²) in [5.41, 5.74) is 2.43. The van der Waals surface area contributed by atoms with E-state index in [4.69, 9.17) is 4.74 Å². The summed E-state index contributed by atoms with van der Waals surface area (Å²) >= 11 is 2.21. The van der Waals surface area contributed by atoms with Crippen LogP contribution in [0.5, 0.6) is 5.75 Å². The van der Waals surface area contributed by atoms with Gasteiger partial charge >= 0.3 is 0 Å². The molecular weight excluding hydrogens is 339 g/mol. The Labute approximate surface area is 120 Å². The minimum atomic E-state index is 0.000509. The van der Waals surface area contributed by atoms with Crippen LogP contribution in [0.1, 0.15) is 21.5 Å². The van der Waals surface area contributed by atoms with Crippen LogP contribution in [-0.2, 0) is 0 Å². The maximum atomic E-state index is 12.5. The highest BCUT2D eigenvalue weighted by Gasteiger charge is 2.16. The number of aryl methyl sites for hydroxylation is 1. The molecule has 0 saturated carbocycles. The number of halogens is 1. The second kappa shape index (κ2) is 5.52. The van der Waals surface area contributed by atoms with Crippen LogP contribution in [0.2, 0.25) is 0 Å². The molecule has 2 nitrogen and oxygen atoms in total. The number of carbonyl (C=O) groups is 1. The van der Waals surface area contributed by atoms with Crippen molar-refractivity contribution in [1.82, 2.24) is 0 Å². The Morgan fingerprint density at radius 1 is 1.06 bits per heavy atom. The molecule has 0 aliphatic carbocycles. The second-order valence-corrected chi connectivity index (χ2v) is 5.04. The van der Waals surface area contributed by atoms with Gasteiger partial charge in [-0.15, -0.1) is 0 Å². The fourth-order valence-corrected chi connectivity index (χ4v) is 2.40. The van der Waals surface area contributed by atoms with Crippen LogP contribution in [0.25, 0.3) is 0 Å². The first-order chi connectivity index (χ1) is 8.65. The van der Waals surface area contributed by atoms with E-state index in [2.05, 4.69) is 22.6 Å². The van der Waals surface area contributed by atoms with E-state index < -0.39 is 0 Å². The van der Waals surface area contributed by atoms with E-state index >= 15 is 0 Å². The highest BCUT2D eigenvalue weighted by atomic mass is 127. The molecular formula is C15H13IO2. The van der Waals surface area contributed by atoms with Crippen molar-refractivity contribution in [3.8, 4) is 5.75 Å². The molecule has 0 aliphatic heterocycles. The van der Waals surface area contributed by atoms with Crippen LogP contribution >= 0.6 is 22.6 Å². The smallest absolute Gasteiger partial charge is 0.197 e. The fraction of sp³-hybridized carbons (Fsp3) is 0.133. The van der Waals surface area contributed by atoms with E-state index in [0.29, 0.717) is 11.3 Å². The minimum absolute atomic E-state index is 0.000509. The third-order valence-electron chi connectivity index (χ3n) is 2.79. The molecule has 2 aromatic carbocycles. The molecule has 0 atom stereocenters. The predicted molar refractivity (Wildman–Crippen MR) is 80.3 cm³/mol. The largest absolute Gasteiger partial charge is 0.496 e. The Hall–Kier alpha value is -1.36. The van der Waals surface area contributed by atoms with E-state index in [0.717, 1.165) is 14.7 Å². The molecule has 92 valence electrons. The number of ketones is 1. The zero-order chi connectivity index (χ0) is 13.1. The number of para-hydroxylation sites is 1. The molecule has 0 N–H and O–H groups in total. The van der Waals surface area contributed by atoms with Crippen molar-refractivity contribution >= 4 is 28.4 Å². The summed E-state index contributed by atoms with van der Waals surface area (Å²) in [6.07, 6.45) is 0. The van der Waals surface area contributed by atoms with Crippen molar-refractivity contribution in [2.75, 3.05) is 7.11 Å². The number of ether oxygens (including phenoxy) is 1. The van der Waals surface area contributed by atoms with E-state index in [-0.39, 0.29) is 5.78 Å². The van der Waals surface area contributed by atoms with Crippen molar-refractivity contribution in [3.63, 3.8) is 0 Å². The lowest BCUT2D eigenvalue weighted by Crippen LogP contribution is -2.06. The zero-order valence-electron chi connectivity index (χ0n) is 10.2. The quantitative estimate of drug-likeness (QED) is 0.620. The van der Waals surface area contributed by atoms with Gasteiger partial charge in [0, 0.05) is 9.13 Å². The van der Waals surface area contributed by atoms with Gasteiger partial charge in [0.15, 0.2) is 5.78 Å². The number of methoxy groups -OCH3 is 1. The Balaban J connectivity index is 2.52.